The molecule has 4 rings (SSSR count). The number of carbonyl (C=O) groups excluding carboxylic acids is 1. The Labute approximate surface area is 181 Å². The van der Waals surface area contributed by atoms with Crippen molar-refractivity contribution >= 4 is 33.3 Å². The smallest absolute Gasteiger partial charge is 0.263 e. The summed E-state index contributed by atoms with van der Waals surface area (Å²) in [6.45, 7) is 11.2. The van der Waals surface area contributed by atoms with Gasteiger partial charge < -0.3 is 14.5 Å². The van der Waals surface area contributed by atoms with Crippen LogP contribution in [0.15, 0.2) is 42.0 Å². The summed E-state index contributed by atoms with van der Waals surface area (Å²) in [4.78, 5) is 26.8. The number of aromatic nitrogens is 2. The second kappa shape index (κ2) is 8.22. The topological polar surface area (TPSA) is 58.6 Å². The number of benzene rings is 1. The van der Waals surface area contributed by atoms with E-state index in [4.69, 9.17) is 4.74 Å². The fourth-order valence-electron chi connectivity index (χ4n) is 3.71. The summed E-state index contributed by atoms with van der Waals surface area (Å²) >= 11 is 1.62. The van der Waals surface area contributed by atoms with Crippen LogP contribution < -0.4 is 9.64 Å². The third-order valence-electron chi connectivity index (χ3n) is 5.51. The first-order valence-corrected chi connectivity index (χ1v) is 11.2. The third kappa shape index (κ3) is 4.26. The predicted molar refractivity (Wildman–Crippen MR) is 121 cm³/mol. The van der Waals surface area contributed by atoms with E-state index in [2.05, 4.69) is 53.8 Å². The highest BCUT2D eigenvalue weighted by Crippen LogP contribution is 2.28. The van der Waals surface area contributed by atoms with Crippen LogP contribution >= 0.6 is 11.3 Å². The molecule has 0 spiro atoms. The standard InChI is InChI=1S/C23H28N4O2S/c1-16(29-18-7-5-17(6-8-18)23(2,3)4)22(28)27-12-10-26(11-13-27)20-19-9-14-30-21(19)25-15-24-20/h5-9,14-16H,10-13H2,1-4H3. The predicted octanol–water partition coefficient (Wildman–Crippen LogP) is 4.10. The van der Waals surface area contributed by atoms with E-state index < -0.39 is 6.10 Å². The van der Waals surface area contributed by atoms with Gasteiger partial charge in [0.15, 0.2) is 6.10 Å². The van der Waals surface area contributed by atoms with Gasteiger partial charge in [-0.3, -0.25) is 4.79 Å². The molecule has 0 bridgehead atoms. The van der Waals surface area contributed by atoms with Crippen molar-refractivity contribution in [2.45, 2.75) is 39.2 Å². The van der Waals surface area contributed by atoms with Crippen LogP contribution in [0.3, 0.4) is 0 Å². The molecule has 0 saturated carbocycles. The quantitative estimate of drug-likeness (QED) is 0.631. The minimum atomic E-state index is -0.514. The van der Waals surface area contributed by atoms with E-state index in [9.17, 15) is 4.79 Å². The fourth-order valence-corrected chi connectivity index (χ4v) is 4.44. The van der Waals surface area contributed by atoms with E-state index in [1.54, 1.807) is 17.7 Å². The Morgan fingerprint density at radius 1 is 1.07 bits per heavy atom. The van der Waals surface area contributed by atoms with Gasteiger partial charge in [-0.2, -0.15) is 0 Å². The number of hydrogen-bond donors (Lipinski definition) is 0. The van der Waals surface area contributed by atoms with Crippen molar-refractivity contribution in [1.82, 2.24) is 14.9 Å². The van der Waals surface area contributed by atoms with Gasteiger partial charge in [0.05, 0.1) is 5.39 Å². The minimum Gasteiger partial charge on any atom is -0.481 e. The van der Waals surface area contributed by atoms with Crippen molar-refractivity contribution in [3.63, 3.8) is 0 Å². The summed E-state index contributed by atoms with van der Waals surface area (Å²) in [5, 5.41) is 3.12. The number of thiophene rings is 1. The molecule has 3 heterocycles. The molecule has 7 heteroatoms. The second-order valence-corrected chi connectivity index (χ2v) is 9.58. The van der Waals surface area contributed by atoms with E-state index in [-0.39, 0.29) is 11.3 Å². The number of ether oxygens (including phenoxy) is 1. The molecular formula is C23H28N4O2S. The number of amides is 1. The first-order valence-electron chi connectivity index (χ1n) is 10.3. The molecule has 1 aliphatic rings. The molecule has 0 radical (unpaired) electrons. The average molecular weight is 425 g/mol. The lowest BCUT2D eigenvalue weighted by Gasteiger charge is -2.36. The van der Waals surface area contributed by atoms with E-state index in [0.29, 0.717) is 13.1 Å². The van der Waals surface area contributed by atoms with Crippen LogP contribution in [0.2, 0.25) is 0 Å². The van der Waals surface area contributed by atoms with Crippen molar-refractivity contribution in [2.75, 3.05) is 31.1 Å². The first kappa shape index (κ1) is 20.6. The van der Waals surface area contributed by atoms with Crippen LogP contribution in [0, 0.1) is 0 Å². The first-order chi connectivity index (χ1) is 14.3. The Kier molecular flexibility index (Phi) is 5.64. The number of piperazine rings is 1. The van der Waals surface area contributed by atoms with Crippen LogP contribution in [0.4, 0.5) is 5.82 Å². The number of rotatable bonds is 4. The normalized spacial score (nSPS) is 16.0. The summed E-state index contributed by atoms with van der Waals surface area (Å²) in [6.07, 6.45) is 1.10. The zero-order valence-electron chi connectivity index (χ0n) is 18.0. The van der Waals surface area contributed by atoms with Crippen molar-refractivity contribution in [3.8, 4) is 5.75 Å². The lowest BCUT2D eigenvalue weighted by atomic mass is 9.87. The summed E-state index contributed by atoms with van der Waals surface area (Å²) < 4.78 is 5.93. The number of anilines is 1. The highest BCUT2D eigenvalue weighted by Gasteiger charge is 2.27. The Morgan fingerprint density at radius 2 is 1.77 bits per heavy atom. The van der Waals surface area contributed by atoms with Crippen molar-refractivity contribution in [1.29, 1.82) is 0 Å². The summed E-state index contributed by atoms with van der Waals surface area (Å²) in [6, 6.07) is 10.1. The minimum absolute atomic E-state index is 0.0258. The molecule has 2 aromatic heterocycles. The second-order valence-electron chi connectivity index (χ2n) is 8.68. The van der Waals surface area contributed by atoms with E-state index >= 15 is 0 Å². The molecule has 1 aromatic carbocycles. The zero-order valence-corrected chi connectivity index (χ0v) is 18.8. The van der Waals surface area contributed by atoms with Gasteiger partial charge in [-0.25, -0.2) is 9.97 Å². The molecule has 3 aromatic rings. The Hall–Kier alpha value is -2.67. The number of fused-ring (bicyclic) bond motifs is 1. The number of nitrogens with zero attached hydrogens (tertiary/aromatic N) is 4. The summed E-state index contributed by atoms with van der Waals surface area (Å²) in [5.74, 6) is 1.71. The van der Waals surface area contributed by atoms with Crippen molar-refractivity contribution < 1.29 is 9.53 Å². The highest BCUT2D eigenvalue weighted by molar-refractivity contribution is 7.16. The van der Waals surface area contributed by atoms with Crippen molar-refractivity contribution in [3.05, 3.63) is 47.6 Å². The molecule has 1 unspecified atom stereocenters. The fraction of sp³-hybridized carbons (Fsp3) is 0.435. The summed E-state index contributed by atoms with van der Waals surface area (Å²) in [5.41, 5.74) is 1.34. The summed E-state index contributed by atoms with van der Waals surface area (Å²) in [7, 11) is 0. The Balaban J connectivity index is 1.35. The largest absolute Gasteiger partial charge is 0.481 e. The molecule has 158 valence electrons. The van der Waals surface area contributed by atoms with Gasteiger partial charge >= 0.3 is 0 Å². The maximum Gasteiger partial charge on any atom is 0.263 e. The third-order valence-corrected chi connectivity index (χ3v) is 6.33. The molecular weight excluding hydrogens is 396 g/mol. The maximum absolute atomic E-state index is 12.9. The molecule has 1 atom stereocenters. The zero-order chi connectivity index (χ0) is 21.3. The van der Waals surface area contributed by atoms with Gasteiger partial charge in [-0.05, 0) is 41.5 Å². The van der Waals surface area contributed by atoms with Crippen LogP contribution in [0.5, 0.6) is 5.75 Å². The average Bonchev–Trinajstić information content (AvgIpc) is 3.22. The van der Waals surface area contributed by atoms with Gasteiger partial charge in [0.2, 0.25) is 0 Å². The van der Waals surface area contributed by atoms with Crippen LogP contribution in [0.1, 0.15) is 33.3 Å². The van der Waals surface area contributed by atoms with Gasteiger partial charge in [0.1, 0.15) is 22.7 Å². The molecule has 0 N–H and O–H groups in total. The Bertz CT molecular complexity index is 1020. The number of carbonyl (C=O) groups is 1. The molecule has 6 nitrogen and oxygen atoms in total. The monoisotopic (exact) mass is 424 g/mol. The van der Waals surface area contributed by atoms with Gasteiger partial charge in [0.25, 0.3) is 5.91 Å². The molecule has 1 amide bonds. The lowest BCUT2D eigenvalue weighted by Crippen LogP contribution is -2.52. The SMILES string of the molecule is CC(Oc1ccc(C(C)(C)C)cc1)C(=O)N1CCN(c2ncnc3sccc23)CC1. The van der Waals surface area contributed by atoms with Crippen LogP contribution in [-0.2, 0) is 10.2 Å². The number of hydrogen-bond acceptors (Lipinski definition) is 6. The molecule has 30 heavy (non-hydrogen) atoms. The van der Waals surface area contributed by atoms with E-state index in [0.717, 1.165) is 34.9 Å². The highest BCUT2D eigenvalue weighted by atomic mass is 32.1. The van der Waals surface area contributed by atoms with Crippen LogP contribution in [0.25, 0.3) is 10.2 Å². The van der Waals surface area contributed by atoms with E-state index in [1.165, 1.54) is 5.56 Å². The van der Waals surface area contributed by atoms with Crippen molar-refractivity contribution in [2.24, 2.45) is 0 Å². The van der Waals surface area contributed by atoms with Gasteiger partial charge in [-0.15, -0.1) is 11.3 Å². The molecule has 1 fully saturated rings. The van der Waals surface area contributed by atoms with Gasteiger partial charge in [-0.1, -0.05) is 32.9 Å². The lowest BCUT2D eigenvalue weighted by molar-refractivity contribution is -0.138. The molecule has 0 aliphatic carbocycles. The van der Waals surface area contributed by atoms with Gasteiger partial charge in [0, 0.05) is 26.2 Å². The van der Waals surface area contributed by atoms with E-state index in [1.807, 2.05) is 29.3 Å². The molecule has 1 saturated heterocycles. The molecule has 1 aliphatic heterocycles. The van der Waals surface area contributed by atoms with Crippen LogP contribution in [-0.4, -0.2) is 53.1 Å². The maximum atomic E-state index is 12.9. The Morgan fingerprint density at radius 3 is 2.43 bits per heavy atom.